The minimum absolute atomic E-state index is 0.0755. The number of hydrogen-bond acceptors (Lipinski definition) is 5. The zero-order valence-electron chi connectivity index (χ0n) is 20.1. The zero-order chi connectivity index (χ0) is 24.6. The van der Waals surface area contributed by atoms with Crippen LogP contribution in [0.5, 0.6) is 0 Å². The third-order valence-corrected chi connectivity index (χ3v) is 10.2. The maximum Gasteiger partial charge on any atom is 0.243 e. The molecule has 0 N–H and O–H groups in total. The van der Waals surface area contributed by atoms with Crippen LogP contribution in [-0.2, 0) is 19.6 Å². The van der Waals surface area contributed by atoms with Crippen LogP contribution in [0.25, 0.3) is 0 Å². The highest BCUT2D eigenvalue weighted by Crippen LogP contribution is 2.45. The Morgan fingerprint density at radius 2 is 1.69 bits per heavy atom. The molecule has 7 nitrogen and oxygen atoms in total. The smallest absolute Gasteiger partial charge is 0.243 e. The van der Waals surface area contributed by atoms with Crippen LogP contribution in [0.2, 0.25) is 0 Å². The third-order valence-electron chi connectivity index (χ3n) is 8.32. The molecule has 0 unspecified atom stereocenters. The molecule has 4 atom stereocenters. The molecule has 4 saturated heterocycles. The van der Waals surface area contributed by atoms with Crippen molar-refractivity contribution in [2.75, 3.05) is 45.9 Å². The highest BCUT2D eigenvalue weighted by molar-refractivity contribution is 7.89. The van der Waals surface area contributed by atoms with Gasteiger partial charge in [0, 0.05) is 44.2 Å². The summed E-state index contributed by atoms with van der Waals surface area (Å²) in [5, 5.41) is 0. The van der Waals surface area contributed by atoms with Gasteiger partial charge in [-0.25, -0.2) is 17.2 Å². The summed E-state index contributed by atoms with van der Waals surface area (Å²) in [5.41, 5.74) is 0. The first kappa shape index (κ1) is 25.0. The number of benzene rings is 1. The van der Waals surface area contributed by atoms with Gasteiger partial charge in [-0.1, -0.05) is 0 Å². The molecule has 0 saturated carbocycles. The molecule has 35 heavy (non-hydrogen) atoms. The number of morpholine rings is 1. The lowest BCUT2D eigenvalue weighted by Gasteiger charge is -2.57. The molecular weight excluding hydrogens is 476 g/mol. The molecule has 4 aliphatic heterocycles. The highest BCUT2D eigenvalue weighted by Gasteiger charge is 2.51. The van der Waals surface area contributed by atoms with E-state index in [2.05, 4.69) is 4.90 Å². The second-order valence-corrected chi connectivity index (χ2v) is 12.3. The average Bonchev–Trinajstić information content (AvgIpc) is 2.85. The largest absolute Gasteiger partial charge is 0.378 e. The van der Waals surface area contributed by atoms with E-state index in [9.17, 15) is 22.0 Å². The van der Waals surface area contributed by atoms with Gasteiger partial charge in [-0.15, -0.1) is 0 Å². The lowest BCUT2D eigenvalue weighted by atomic mass is 9.70. The minimum atomic E-state index is -4.09. The monoisotopic (exact) mass is 511 g/mol. The second-order valence-electron chi connectivity index (χ2n) is 10.4. The molecule has 0 bridgehead atoms. The fourth-order valence-corrected chi connectivity index (χ4v) is 8.64. The van der Waals surface area contributed by atoms with Gasteiger partial charge in [0.15, 0.2) is 0 Å². The molecule has 0 spiro atoms. The number of nitrogens with zero attached hydrogens (tertiary/aromatic N) is 3. The van der Waals surface area contributed by atoms with E-state index in [-0.39, 0.29) is 28.7 Å². The summed E-state index contributed by atoms with van der Waals surface area (Å²) in [6.07, 6.45) is 5.46. The Balaban J connectivity index is 1.39. The maximum atomic E-state index is 14.0. The van der Waals surface area contributed by atoms with Crippen LogP contribution in [0.1, 0.15) is 44.9 Å². The summed E-state index contributed by atoms with van der Waals surface area (Å²) in [6.45, 7) is 4.73. The molecule has 4 fully saturated rings. The van der Waals surface area contributed by atoms with Crippen LogP contribution in [0.4, 0.5) is 8.78 Å². The molecule has 0 aliphatic carbocycles. The number of piperidine rings is 3. The number of carbonyl (C=O) groups excluding carboxylic acids is 1. The van der Waals surface area contributed by atoms with Crippen molar-refractivity contribution in [3.63, 3.8) is 0 Å². The van der Waals surface area contributed by atoms with E-state index in [4.69, 9.17) is 4.74 Å². The van der Waals surface area contributed by atoms with Gasteiger partial charge >= 0.3 is 0 Å². The van der Waals surface area contributed by atoms with Gasteiger partial charge < -0.3 is 9.64 Å². The summed E-state index contributed by atoms with van der Waals surface area (Å²) in [4.78, 5) is 16.7. The van der Waals surface area contributed by atoms with Gasteiger partial charge in [-0.05, 0) is 75.6 Å². The van der Waals surface area contributed by atoms with E-state index in [1.165, 1.54) is 4.31 Å². The highest BCUT2D eigenvalue weighted by atomic mass is 32.2. The molecule has 5 rings (SSSR count). The van der Waals surface area contributed by atoms with E-state index in [1.54, 1.807) is 0 Å². The molecule has 194 valence electrons. The maximum absolute atomic E-state index is 14.0. The summed E-state index contributed by atoms with van der Waals surface area (Å²) >= 11 is 0. The number of ether oxygens (including phenoxy) is 1. The van der Waals surface area contributed by atoms with E-state index in [0.717, 1.165) is 50.9 Å². The Morgan fingerprint density at radius 3 is 2.40 bits per heavy atom. The standard InChI is InChI=1S/C25H35F2N3O4S/c26-19-14-20(27)16-21(15-19)35(32,33)30-17-18-4-2-8-29-9-3-5-22(25(18)29)23(30)6-1-7-24(31)28-10-12-34-13-11-28/h14-16,18,22-23,25H,1-13,17H2/t18-,22+,23+,25-/m0/s1. The van der Waals surface area contributed by atoms with Crippen molar-refractivity contribution in [3.05, 3.63) is 29.8 Å². The molecule has 4 heterocycles. The Labute approximate surface area is 206 Å². The summed E-state index contributed by atoms with van der Waals surface area (Å²) in [7, 11) is -4.09. The normalized spacial score (nSPS) is 30.2. The summed E-state index contributed by atoms with van der Waals surface area (Å²) < 4.78 is 62.4. The Morgan fingerprint density at radius 1 is 1.00 bits per heavy atom. The SMILES string of the molecule is O=C(CCC[C@@H]1[C@H]2CCCN3CCC[C@@H](CN1S(=O)(=O)c1cc(F)cc(F)c1)[C@@H]23)N1CCOCC1. The fraction of sp³-hybridized carbons (Fsp3) is 0.720. The summed E-state index contributed by atoms with van der Waals surface area (Å²) in [5.74, 6) is -1.34. The lowest BCUT2D eigenvalue weighted by Crippen LogP contribution is -2.65. The molecule has 4 aliphatic rings. The molecular formula is C25H35F2N3O4S. The van der Waals surface area contributed by atoms with E-state index >= 15 is 0 Å². The van der Waals surface area contributed by atoms with Gasteiger partial charge in [0.1, 0.15) is 11.6 Å². The molecule has 1 aromatic carbocycles. The molecule has 1 amide bonds. The Hall–Kier alpha value is -1.62. The van der Waals surface area contributed by atoms with Gasteiger partial charge in [-0.2, -0.15) is 4.31 Å². The van der Waals surface area contributed by atoms with Crippen LogP contribution in [0.15, 0.2) is 23.1 Å². The molecule has 0 radical (unpaired) electrons. The van der Waals surface area contributed by atoms with Gasteiger partial charge in [0.05, 0.1) is 18.1 Å². The molecule has 1 aromatic rings. The van der Waals surface area contributed by atoms with Crippen molar-refractivity contribution in [2.24, 2.45) is 11.8 Å². The number of carbonyl (C=O) groups is 1. The topological polar surface area (TPSA) is 70.2 Å². The fourth-order valence-electron chi connectivity index (χ4n) is 6.84. The van der Waals surface area contributed by atoms with E-state index < -0.39 is 21.7 Å². The van der Waals surface area contributed by atoms with Crippen molar-refractivity contribution < 1.29 is 26.7 Å². The number of amides is 1. The third kappa shape index (κ3) is 5.12. The van der Waals surface area contributed by atoms with Crippen molar-refractivity contribution in [1.29, 1.82) is 0 Å². The first-order valence-electron chi connectivity index (χ1n) is 12.9. The number of halogens is 2. The lowest BCUT2D eigenvalue weighted by molar-refractivity contribution is -0.135. The first-order chi connectivity index (χ1) is 16.8. The van der Waals surface area contributed by atoms with Crippen molar-refractivity contribution in [2.45, 2.75) is 61.9 Å². The Bertz CT molecular complexity index is 1010. The van der Waals surface area contributed by atoms with E-state index in [0.29, 0.717) is 64.2 Å². The number of hydrogen-bond donors (Lipinski definition) is 0. The summed E-state index contributed by atoms with van der Waals surface area (Å²) in [6, 6.07) is 2.58. The molecule has 10 heteroatoms. The van der Waals surface area contributed by atoms with E-state index in [1.807, 2.05) is 4.90 Å². The van der Waals surface area contributed by atoms with Crippen molar-refractivity contribution in [3.8, 4) is 0 Å². The first-order valence-corrected chi connectivity index (χ1v) is 14.4. The average molecular weight is 512 g/mol. The van der Waals surface area contributed by atoms with Crippen molar-refractivity contribution in [1.82, 2.24) is 14.1 Å². The minimum Gasteiger partial charge on any atom is -0.378 e. The van der Waals surface area contributed by atoms with Crippen molar-refractivity contribution >= 4 is 15.9 Å². The molecule has 0 aromatic heterocycles. The van der Waals surface area contributed by atoms with Crippen LogP contribution < -0.4 is 0 Å². The van der Waals surface area contributed by atoms with Crippen LogP contribution in [-0.4, -0.2) is 86.5 Å². The predicted octanol–water partition coefficient (Wildman–Crippen LogP) is 2.86. The van der Waals surface area contributed by atoms with Gasteiger partial charge in [0.2, 0.25) is 15.9 Å². The van der Waals surface area contributed by atoms with Crippen LogP contribution in [0, 0.1) is 23.5 Å². The van der Waals surface area contributed by atoms with Crippen LogP contribution in [0.3, 0.4) is 0 Å². The number of sulfonamides is 1. The zero-order valence-corrected chi connectivity index (χ0v) is 20.9. The number of rotatable bonds is 6. The van der Waals surface area contributed by atoms with Gasteiger partial charge in [-0.3, -0.25) is 9.69 Å². The second kappa shape index (κ2) is 10.4. The Kier molecular flexibility index (Phi) is 7.44. The quantitative estimate of drug-likeness (QED) is 0.588. The van der Waals surface area contributed by atoms with Gasteiger partial charge in [0.25, 0.3) is 0 Å². The van der Waals surface area contributed by atoms with Crippen LogP contribution >= 0.6 is 0 Å². The predicted molar refractivity (Wildman–Crippen MR) is 126 cm³/mol.